The molecule has 0 N–H and O–H groups in total. The maximum absolute atomic E-state index is 13.0. The van der Waals surface area contributed by atoms with E-state index in [0.29, 0.717) is 41.6 Å². The third kappa shape index (κ3) is 5.78. The van der Waals surface area contributed by atoms with Crippen LogP contribution in [0.15, 0.2) is 47.1 Å². The van der Waals surface area contributed by atoms with Gasteiger partial charge in [0.2, 0.25) is 5.91 Å². The van der Waals surface area contributed by atoms with Gasteiger partial charge in [0, 0.05) is 71.8 Å². The quantitative estimate of drug-likeness (QED) is 0.390. The molecular formula is C24H30Cl2N2O3. The minimum atomic E-state index is -0.769. The van der Waals surface area contributed by atoms with Gasteiger partial charge in [-0.15, -0.1) is 23.2 Å². The predicted octanol–water partition coefficient (Wildman–Crippen LogP) is 4.76. The molecule has 1 aliphatic carbocycles. The van der Waals surface area contributed by atoms with Crippen LogP contribution in [0, 0.1) is 5.41 Å². The maximum atomic E-state index is 13.0. The SMILES string of the molecule is CC1=CC(=O)C(C)=C(C(C)(C)CC(=O)N(C)c2ccc(N(CCCl)CCCl)cc2)C1=O. The number of ketones is 2. The average molecular weight is 465 g/mol. The number of carbonyl (C=O) groups is 3. The number of benzene rings is 1. The largest absolute Gasteiger partial charge is 0.369 e. The fourth-order valence-electron chi connectivity index (χ4n) is 3.87. The molecule has 31 heavy (non-hydrogen) atoms. The molecule has 0 spiro atoms. The van der Waals surface area contributed by atoms with Crippen LogP contribution < -0.4 is 9.80 Å². The monoisotopic (exact) mass is 464 g/mol. The van der Waals surface area contributed by atoms with E-state index in [9.17, 15) is 14.4 Å². The molecule has 2 rings (SSSR count). The summed E-state index contributed by atoms with van der Waals surface area (Å²) in [6.07, 6.45) is 1.47. The van der Waals surface area contributed by atoms with Gasteiger partial charge in [0.25, 0.3) is 0 Å². The van der Waals surface area contributed by atoms with E-state index in [1.54, 1.807) is 25.8 Å². The third-order valence-corrected chi connectivity index (χ3v) is 5.97. The number of anilines is 2. The normalized spacial score (nSPS) is 14.6. The molecule has 0 unspecified atom stereocenters. The first-order valence-electron chi connectivity index (χ1n) is 10.3. The molecule has 5 nitrogen and oxygen atoms in total. The lowest BCUT2D eigenvalue weighted by Crippen LogP contribution is -2.35. The number of rotatable bonds is 9. The van der Waals surface area contributed by atoms with Crippen molar-refractivity contribution < 1.29 is 14.4 Å². The van der Waals surface area contributed by atoms with Crippen LogP contribution in [0.3, 0.4) is 0 Å². The van der Waals surface area contributed by atoms with Gasteiger partial charge in [-0.3, -0.25) is 14.4 Å². The van der Waals surface area contributed by atoms with Gasteiger partial charge < -0.3 is 9.80 Å². The number of Topliss-reactive ketones (excluding diaryl/α,β-unsaturated/α-hetero) is 1. The average Bonchev–Trinajstić information content (AvgIpc) is 2.71. The molecule has 168 valence electrons. The molecular weight excluding hydrogens is 435 g/mol. The molecule has 0 bridgehead atoms. The van der Waals surface area contributed by atoms with Crippen LogP contribution in [0.1, 0.15) is 34.1 Å². The van der Waals surface area contributed by atoms with E-state index in [2.05, 4.69) is 4.90 Å². The first-order chi connectivity index (χ1) is 14.5. The minimum Gasteiger partial charge on any atom is -0.369 e. The van der Waals surface area contributed by atoms with E-state index < -0.39 is 5.41 Å². The van der Waals surface area contributed by atoms with Crippen molar-refractivity contribution in [1.82, 2.24) is 0 Å². The van der Waals surface area contributed by atoms with Gasteiger partial charge in [-0.05, 0) is 44.2 Å². The Morgan fingerprint density at radius 3 is 2.00 bits per heavy atom. The highest BCUT2D eigenvalue weighted by Crippen LogP contribution is 2.38. The Morgan fingerprint density at radius 2 is 1.48 bits per heavy atom. The first kappa shape index (κ1) is 25.2. The molecule has 0 aromatic heterocycles. The van der Waals surface area contributed by atoms with Crippen molar-refractivity contribution in [3.63, 3.8) is 0 Å². The van der Waals surface area contributed by atoms with E-state index in [-0.39, 0.29) is 23.9 Å². The van der Waals surface area contributed by atoms with Crippen LogP contribution in [0.25, 0.3) is 0 Å². The standard InChI is InChI=1S/C24H30Cl2N2O3/c1-16-14-20(29)17(2)22(23(16)31)24(3,4)15-21(30)27(5)18-6-8-19(9-7-18)28(12-10-25)13-11-26/h6-9,14H,10-13,15H2,1-5H3. The van der Waals surface area contributed by atoms with Crippen molar-refractivity contribution in [3.8, 4) is 0 Å². The van der Waals surface area contributed by atoms with E-state index in [1.807, 2.05) is 38.1 Å². The Morgan fingerprint density at radius 1 is 0.968 bits per heavy atom. The number of nitrogens with zero attached hydrogens (tertiary/aromatic N) is 2. The molecule has 0 saturated carbocycles. The van der Waals surface area contributed by atoms with Gasteiger partial charge in [0.1, 0.15) is 0 Å². The summed E-state index contributed by atoms with van der Waals surface area (Å²) in [7, 11) is 1.71. The van der Waals surface area contributed by atoms with E-state index in [1.165, 1.54) is 6.08 Å². The Labute approximate surface area is 194 Å². The molecule has 0 fully saturated rings. The summed E-state index contributed by atoms with van der Waals surface area (Å²) in [5.74, 6) is 0.522. The third-order valence-electron chi connectivity index (χ3n) is 5.63. The Balaban J connectivity index is 2.19. The second kappa shape index (κ2) is 10.5. The molecule has 1 aromatic carbocycles. The summed E-state index contributed by atoms with van der Waals surface area (Å²) in [6.45, 7) is 8.33. The van der Waals surface area contributed by atoms with E-state index in [0.717, 1.165) is 11.4 Å². The fourth-order valence-corrected chi connectivity index (χ4v) is 4.27. The summed E-state index contributed by atoms with van der Waals surface area (Å²) in [4.78, 5) is 41.7. The van der Waals surface area contributed by atoms with Crippen molar-refractivity contribution >= 4 is 52.1 Å². The van der Waals surface area contributed by atoms with Gasteiger partial charge in [0.05, 0.1) is 0 Å². The lowest BCUT2D eigenvalue weighted by Gasteiger charge is -2.32. The molecule has 0 radical (unpaired) electrons. The summed E-state index contributed by atoms with van der Waals surface area (Å²) < 4.78 is 0. The van der Waals surface area contributed by atoms with Gasteiger partial charge in [-0.25, -0.2) is 0 Å². The smallest absolute Gasteiger partial charge is 0.227 e. The summed E-state index contributed by atoms with van der Waals surface area (Å²) in [5, 5.41) is 0. The highest BCUT2D eigenvalue weighted by Gasteiger charge is 2.37. The zero-order valence-electron chi connectivity index (χ0n) is 18.8. The number of hydrogen-bond acceptors (Lipinski definition) is 4. The molecule has 0 atom stereocenters. The van der Waals surface area contributed by atoms with Crippen LogP contribution >= 0.6 is 23.2 Å². The van der Waals surface area contributed by atoms with Crippen molar-refractivity contribution in [3.05, 3.63) is 47.1 Å². The van der Waals surface area contributed by atoms with Crippen molar-refractivity contribution in [2.45, 2.75) is 34.1 Å². The predicted molar refractivity (Wildman–Crippen MR) is 128 cm³/mol. The summed E-state index contributed by atoms with van der Waals surface area (Å²) in [5.41, 5.74) is 2.21. The maximum Gasteiger partial charge on any atom is 0.227 e. The Kier molecular flexibility index (Phi) is 8.49. The molecule has 1 aromatic rings. The van der Waals surface area contributed by atoms with Gasteiger partial charge >= 0.3 is 0 Å². The highest BCUT2D eigenvalue weighted by molar-refractivity contribution is 6.23. The van der Waals surface area contributed by atoms with Crippen LogP contribution in [-0.2, 0) is 14.4 Å². The van der Waals surface area contributed by atoms with Crippen molar-refractivity contribution in [2.24, 2.45) is 5.41 Å². The van der Waals surface area contributed by atoms with E-state index in [4.69, 9.17) is 23.2 Å². The lowest BCUT2D eigenvalue weighted by molar-refractivity contribution is -0.120. The van der Waals surface area contributed by atoms with Crippen molar-refractivity contribution in [2.75, 3.05) is 41.7 Å². The topological polar surface area (TPSA) is 57.7 Å². The molecule has 0 saturated heterocycles. The van der Waals surface area contributed by atoms with Crippen LogP contribution in [0.5, 0.6) is 0 Å². The molecule has 7 heteroatoms. The van der Waals surface area contributed by atoms with Gasteiger partial charge in [-0.2, -0.15) is 0 Å². The zero-order chi connectivity index (χ0) is 23.3. The number of hydrogen-bond donors (Lipinski definition) is 0. The Hall–Kier alpha value is -2.11. The summed E-state index contributed by atoms with van der Waals surface area (Å²) >= 11 is 11.8. The van der Waals surface area contributed by atoms with Crippen LogP contribution in [0.2, 0.25) is 0 Å². The molecule has 1 amide bonds. The highest BCUT2D eigenvalue weighted by atomic mass is 35.5. The van der Waals surface area contributed by atoms with E-state index >= 15 is 0 Å². The fraction of sp³-hybridized carbons (Fsp3) is 0.458. The Bertz CT molecular complexity index is 911. The van der Waals surface area contributed by atoms with Crippen LogP contribution in [-0.4, -0.2) is 49.4 Å². The van der Waals surface area contributed by atoms with Gasteiger partial charge in [-0.1, -0.05) is 13.8 Å². The number of carbonyl (C=O) groups excluding carboxylic acids is 3. The second-order valence-corrected chi connectivity index (χ2v) is 9.17. The second-order valence-electron chi connectivity index (χ2n) is 8.42. The molecule has 0 aliphatic heterocycles. The molecule has 1 aliphatic rings. The summed E-state index contributed by atoms with van der Waals surface area (Å²) in [6, 6.07) is 7.63. The zero-order valence-corrected chi connectivity index (χ0v) is 20.3. The minimum absolute atomic E-state index is 0.106. The number of amides is 1. The van der Waals surface area contributed by atoms with Gasteiger partial charge in [0.15, 0.2) is 11.6 Å². The van der Waals surface area contributed by atoms with Crippen molar-refractivity contribution in [1.29, 1.82) is 0 Å². The number of halogens is 2. The van der Waals surface area contributed by atoms with Crippen LogP contribution in [0.4, 0.5) is 11.4 Å². The lowest BCUT2D eigenvalue weighted by atomic mass is 9.72. The number of alkyl halides is 2. The number of allylic oxidation sites excluding steroid dienone is 4. The first-order valence-corrected chi connectivity index (χ1v) is 11.3. The molecule has 0 heterocycles.